The van der Waals surface area contributed by atoms with Crippen molar-refractivity contribution in [2.24, 2.45) is 0 Å². The molecular formula is C23H24N4O7. The standard InChI is InChI=1S/C23H24N4O7/c28-19-13-27(18-9-5-4-8-15(18)24-19)23(34)26-17(12-14-6-2-1-3-7-14)21(31)25-16(22(32)33)10-11-20(29)30/h1-9,16-17H,10-13H2,(H,24,28)(H,25,31)(H,26,34)(H,29,30)(H,32,33)/t16-,17-/m0/s1. The van der Waals surface area contributed by atoms with E-state index in [4.69, 9.17) is 5.11 Å². The number of benzene rings is 2. The van der Waals surface area contributed by atoms with Crippen LogP contribution in [0.15, 0.2) is 54.6 Å². The van der Waals surface area contributed by atoms with Gasteiger partial charge in [-0.1, -0.05) is 42.5 Å². The topological polar surface area (TPSA) is 165 Å². The van der Waals surface area contributed by atoms with Gasteiger partial charge in [0, 0.05) is 12.8 Å². The number of anilines is 2. The molecule has 178 valence electrons. The number of amides is 4. The average molecular weight is 468 g/mol. The van der Waals surface area contributed by atoms with Crippen LogP contribution in [0.3, 0.4) is 0 Å². The third-order valence-corrected chi connectivity index (χ3v) is 5.17. The number of carbonyl (C=O) groups excluding carboxylic acids is 3. The summed E-state index contributed by atoms with van der Waals surface area (Å²) < 4.78 is 0. The summed E-state index contributed by atoms with van der Waals surface area (Å²) in [6, 6.07) is 12.1. The average Bonchev–Trinajstić information content (AvgIpc) is 2.80. The van der Waals surface area contributed by atoms with Crippen LogP contribution in [0.25, 0.3) is 0 Å². The van der Waals surface area contributed by atoms with Crippen molar-refractivity contribution in [1.82, 2.24) is 10.6 Å². The minimum atomic E-state index is -1.44. The van der Waals surface area contributed by atoms with Crippen LogP contribution in [0.5, 0.6) is 0 Å². The third kappa shape index (κ3) is 6.31. The van der Waals surface area contributed by atoms with E-state index < -0.39 is 48.3 Å². The van der Waals surface area contributed by atoms with Crippen LogP contribution in [-0.4, -0.2) is 58.6 Å². The molecule has 5 N–H and O–H groups in total. The van der Waals surface area contributed by atoms with E-state index in [1.54, 1.807) is 54.6 Å². The number of para-hydroxylation sites is 2. The SMILES string of the molecule is O=C(O)CC[C@H](NC(=O)[C@H](Cc1ccccc1)NC(=O)N1CC(=O)Nc2ccccc21)C(=O)O. The van der Waals surface area contributed by atoms with Gasteiger partial charge in [0.15, 0.2) is 0 Å². The molecule has 0 unspecified atom stereocenters. The first-order valence-corrected chi connectivity index (χ1v) is 10.5. The molecule has 0 radical (unpaired) electrons. The lowest BCUT2D eigenvalue weighted by molar-refractivity contribution is -0.143. The van der Waals surface area contributed by atoms with E-state index in [1.165, 1.54) is 4.90 Å². The second-order valence-corrected chi connectivity index (χ2v) is 7.68. The van der Waals surface area contributed by atoms with Gasteiger partial charge in [-0.05, 0) is 24.1 Å². The Labute approximate surface area is 194 Å². The van der Waals surface area contributed by atoms with Gasteiger partial charge in [0.2, 0.25) is 11.8 Å². The van der Waals surface area contributed by atoms with Crippen molar-refractivity contribution in [3.05, 3.63) is 60.2 Å². The molecule has 0 fully saturated rings. The number of nitrogens with one attached hydrogen (secondary N) is 3. The molecule has 11 heteroatoms. The number of fused-ring (bicyclic) bond motifs is 1. The maximum atomic E-state index is 13.1. The monoisotopic (exact) mass is 468 g/mol. The number of urea groups is 1. The van der Waals surface area contributed by atoms with Gasteiger partial charge in [-0.2, -0.15) is 0 Å². The summed E-state index contributed by atoms with van der Waals surface area (Å²) in [4.78, 5) is 61.7. The summed E-state index contributed by atoms with van der Waals surface area (Å²) in [6.45, 7) is -0.265. The lowest BCUT2D eigenvalue weighted by Crippen LogP contribution is -2.56. The highest BCUT2D eigenvalue weighted by molar-refractivity contribution is 6.10. The van der Waals surface area contributed by atoms with E-state index in [1.807, 2.05) is 0 Å². The number of carbonyl (C=O) groups is 5. The van der Waals surface area contributed by atoms with Crippen LogP contribution in [0.4, 0.5) is 16.2 Å². The first-order chi connectivity index (χ1) is 16.2. The molecule has 0 bridgehead atoms. The van der Waals surface area contributed by atoms with Crippen molar-refractivity contribution in [2.45, 2.75) is 31.3 Å². The van der Waals surface area contributed by atoms with E-state index in [-0.39, 0.29) is 19.4 Å². The van der Waals surface area contributed by atoms with Crippen LogP contribution >= 0.6 is 0 Å². The third-order valence-electron chi connectivity index (χ3n) is 5.17. The molecule has 1 aliphatic heterocycles. The number of hydrogen-bond acceptors (Lipinski definition) is 5. The molecule has 0 spiro atoms. The quantitative estimate of drug-likeness (QED) is 0.369. The Morgan fingerprint density at radius 3 is 2.29 bits per heavy atom. The second kappa shape index (κ2) is 10.9. The highest BCUT2D eigenvalue weighted by atomic mass is 16.4. The molecule has 0 aromatic heterocycles. The largest absolute Gasteiger partial charge is 0.481 e. The summed E-state index contributed by atoms with van der Waals surface area (Å²) in [7, 11) is 0. The van der Waals surface area contributed by atoms with Crippen molar-refractivity contribution in [1.29, 1.82) is 0 Å². The van der Waals surface area contributed by atoms with E-state index in [0.29, 0.717) is 16.9 Å². The van der Waals surface area contributed by atoms with Crippen LogP contribution in [0, 0.1) is 0 Å². The maximum absolute atomic E-state index is 13.1. The van der Waals surface area contributed by atoms with Crippen LogP contribution in [0.1, 0.15) is 18.4 Å². The molecule has 4 amide bonds. The molecule has 2 aromatic rings. The Morgan fingerprint density at radius 1 is 0.941 bits per heavy atom. The second-order valence-electron chi connectivity index (χ2n) is 7.68. The zero-order chi connectivity index (χ0) is 24.7. The van der Waals surface area contributed by atoms with E-state index in [9.17, 15) is 29.1 Å². The zero-order valence-corrected chi connectivity index (χ0v) is 18.1. The molecule has 2 atom stereocenters. The Balaban J connectivity index is 1.81. The van der Waals surface area contributed by atoms with E-state index >= 15 is 0 Å². The van der Waals surface area contributed by atoms with Gasteiger partial charge in [-0.25, -0.2) is 9.59 Å². The van der Waals surface area contributed by atoms with Gasteiger partial charge in [0.25, 0.3) is 0 Å². The lowest BCUT2D eigenvalue weighted by Gasteiger charge is -2.31. The molecule has 0 aliphatic carbocycles. The molecule has 1 aliphatic rings. The van der Waals surface area contributed by atoms with Gasteiger partial charge in [0.1, 0.15) is 18.6 Å². The van der Waals surface area contributed by atoms with Crippen LogP contribution < -0.4 is 20.9 Å². The summed E-state index contributed by atoms with van der Waals surface area (Å²) in [5.74, 6) is -3.78. The minimum Gasteiger partial charge on any atom is -0.481 e. The number of carboxylic acid groups (broad SMARTS) is 2. The van der Waals surface area contributed by atoms with Crippen molar-refractivity contribution >= 4 is 41.2 Å². The molecular weight excluding hydrogens is 444 g/mol. The molecule has 0 saturated carbocycles. The van der Waals surface area contributed by atoms with Crippen molar-refractivity contribution < 1.29 is 34.2 Å². The number of rotatable bonds is 9. The molecule has 1 heterocycles. The summed E-state index contributed by atoms with van der Waals surface area (Å²) in [5.41, 5.74) is 1.60. The summed E-state index contributed by atoms with van der Waals surface area (Å²) in [6.07, 6.45) is -0.722. The van der Waals surface area contributed by atoms with Crippen LogP contribution in [0.2, 0.25) is 0 Å². The Kier molecular flexibility index (Phi) is 7.80. The molecule has 11 nitrogen and oxygen atoms in total. The fourth-order valence-electron chi connectivity index (χ4n) is 3.50. The van der Waals surface area contributed by atoms with Gasteiger partial charge in [-0.15, -0.1) is 0 Å². The van der Waals surface area contributed by atoms with Crippen molar-refractivity contribution in [2.75, 3.05) is 16.8 Å². The van der Waals surface area contributed by atoms with E-state index in [2.05, 4.69) is 16.0 Å². The highest BCUT2D eigenvalue weighted by Gasteiger charge is 2.31. The van der Waals surface area contributed by atoms with Crippen molar-refractivity contribution in [3.8, 4) is 0 Å². The number of aliphatic carboxylic acids is 2. The Hall–Kier alpha value is -4.41. The first-order valence-electron chi connectivity index (χ1n) is 10.5. The summed E-state index contributed by atoms with van der Waals surface area (Å²) >= 11 is 0. The Bertz CT molecular complexity index is 1090. The molecule has 2 aromatic carbocycles. The lowest BCUT2D eigenvalue weighted by atomic mass is 10.0. The molecule has 3 rings (SSSR count). The van der Waals surface area contributed by atoms with Gasteiger partial charge >= 0.3 is 18.0 Å². The first kappa shape index (κ1) is 24.2. The van der Waals surface area contributed by atoms with Crippen LogP contribution in [-0.2, 0) is 25.6 Å². The highest BCUT2D eigenvalue weighted by Crippen LogP contribution is 2.28. The fraction of sp³-hybridized carbons (Fsp3) is 0.261. The van der Waals surface area contributed by atoms with Gasteiger partial charge in [0.05, 0.1) is 11.4 Å². The summed E-state index contributed by atoms with van der Waals surface area (Å²) in [5, 5.41) is 25.8. The van der Waals surface area contributed by atoms with Gasteiger partial charge < -0.3 is 26.2 Å². The normalized spacial score (nSPS) is 14.2. The maximum Gasteiger partial charge on any atom is 0.326 e. The molecule has 34 heavy (non-hydrogen) atoms. The minimum absolute atomic E-state index is 0.0470. The fourth-order valence-corrected chi connectivity index (χ4v) is 3.50. The zero-order valence-electron chi connectivity index (χ0n) is 18.1. The predicted octanol–water partition coefficient (Wildman–Crippen LogP) is 1.20. The predicted molar refractivity (Wildman–Crippen MR) is 121 cm³/mol. The number of nitrogens with zero attached hydrogens (tertiary/aromatic N) is 1. The number of hydrogen-bond donors (Lipinski definition) is 5. The molecule has 0 saturated heterocycles. The van der Waals surface area contributed by atoms with Crippen molar-refractivity contribution in [3.63, 3.8) is 0 Å². The van der Waals surface area contributed by atoms with Gasteiger partial charge in [-0.3, -0.25) is 19.3 Å². The smallest absolute Gasteiger partial charge is 0.326 e. The number of carboxylic acids is 2. The van der Waals surface area contributed by atoms with E-state index in [0.717, 1.165) is 0 Å². The Morgan fingerprint density at radius 2 is 1.62 bits per heavy atom.